The van der Waals surface area contributed by atoms with Gasteiger partial charge in [0.1, 0.15) is 17.4 Å². The van der Waals surface area contributed by atoms with Gasteiger partial charge in [-0.15, -0.1) is 0 Å². The van der Waals surface area contributed by atoms with Gasteiger partial charge in [0.2, 0.25) is 0 Å². The van der Waals surface area contributed by atoms with Gasteiger partial charge in [0.15, 0.2) is 10.9 Å². The van der Waals surface area contributed by atoms with Gasteiger partial charge in [-0.1, -0.05) is 52.7 Å². The standard InChI is InChI=1S/C30H27Cl2N3O5S/c1-2-14-10-16(28(36)37)11-22-25(14)33-30(41-22)35-17-8-9-18(35)13-19(12-17)39-29(38)24-26(34-40-27(24)15-6-7-15)23-20(31)4-3-5-21(23)32/h3-5,10-11,15,17-19H,2,6-9,12-13H2,1H3,(H,36,37). The van der Waals surface area contributed by atoms with Gasteiger partial charge in [0.05, 0.1) is 25.8 Å². The Balaban J connectivity index is 1.14. The van der Waals surface area contributed by atoms with E-state index in [1.807, 2.05) is 6.92 Å². The Morgan fingerprint density at radius 3 is 2.46 bits per heavy atom. The first-order chi connectivity index (χ1) is 19.8. The van der Waals surface area contributed by atoms with Crippen molar-refractivity contribution >= 4 is 61.8 Å². The van der Waals surface area contributed by atoms with Crippen LogP contribution in [0.2, 0.25) is 10.0 Å². The number of carbonyl (C=O) groups is 2. The van der Waals surface area contributed by atoms with E-state index >= 15 is 0 Å². The molecule has 1 N–H and O–H groups in total. The summed E-state index contributed by atoms with van der Waals surface area (Å²) in [5.74, 6) is -0.697. The average molecular weight is 613 g/mol. The van der Waals surface area contributed by atoms with Gasteiger partial charge < -0.3 is 19.3 Å². The number of aromatic carboxylic acids is 1. The minimum absolute atomic E-state index is 0.145. The molecule has 2 atom stereocenters. The zero-order chi connectivity index (χ0) is 28.4. The predicted molar refractivity (Wildman–Crippen MR) is 158 cm³/mol. The molecule has 212 valence electrons. The number of piperidine rings is 1. The summed E-state index contributed by atoms with van der Waals surface area (Å²) in [7, 11) is 0. The maximum atomic E-state index is 13.7. The lowest BCUT2D eigenvalue weighted by Gasteiger charge is -2.38. The van der Waals surface area contributed by atoms with Crippen molar-refractivity contribution in [3.05, 3.63) is 62.8 Å². The minimum atomic E-state index is -0.933. The second-order valence-electron chi connectivity index (χ2n) is 11.1. The van der Waals surface area contributed by atoms with Crippen LogP contribution in [0, 0.1) is 0 Å². The molecule has 2 unspecified atom stereocenters. The number of benzene rings is 2. The molecule has 3 fully saturated rings. The van der Waals surface area contributed by atoms with Crippen LogP contribution in [0.5, 0.6) is 0 Å². The van der Waals surface area contributed by atoms with E-state index in [-0.39, 0.29) is 29.7 Å². The lowest BCUT2D eigenvalue weighted by atomic mass is 9.99. The lowest BCUT2D eigenvalue weighted by Crippen LogP contribution is -2.46. The maximum absolute atomic E-state index is 13.7. The number of halogens is 2. The Bertz CT molecular complexity index is 1660. The highest BCUT2D eigenvalue weighted by molar-refractivity contribution is 7.22. The summed E-state index contributed by atoms with van der Waals surface area (Å²) in [5, 5.41) is 15.5. The zero-order valence-corrected chi connectivity index (χ0v) is 24.6. The molecule has 3 aliphatic rings. The number of aryl methyl sites for hydroxylation is 1. The zero-order valence-electron chi connectivity index (χ0n) is 22.2. The molecular weight excluding hydrogens is 585 g/mol. The third-order valence-corrected chi connectivity index (χ3v) is 10.1. The van der Waals surface area contributed by atoms with Gasteiger partial charge in [-0.25, -0.2) is 14.6 Å². The third-order valence-electron chi connectivity index (χ3n) is 8.45. The number of esters is 1. The van der Waals surface area contributed by atoms with Crippen molar-refractivity contribution < 1.29 is 24.0 Å². The molecular formula is C30H27Cl2N3O5S. The molecule has 0 radical (unpaired) electrons. The largest absolute Gasteiger partial charge is 0.478 e. The van der Waals surface area contributed by atoms with E-state index < -0.39 is 11.9 Å². The quantitative estimate of drug-likeness (QED) is 0.211. The molecule has 0 amide bonds. The van der Waals surface area contributed by atoms with E-state index in [1.54, 1.807) is 30.3 Å². The molecule has 7 rings (SSSR count). The van der Waals surface area contributed by atoms with Gasteiger partial charge in [-0.05, 0) is 61.9 Å². The molecule has 11 heteroatoms. The van der Waals surface area contributed by atoms with Gasteiger partial charge >= 0.3 is 11.9 Å². The average Bonchev–Trinajstić information content (AvgIpc) is 3.44. The van der Waals surface area contributed by atoms with E-state index in [0.717, 1.165) is 46.6 Å². The molecule has 1 aliphatic carbocycles. The highest BCUT2D eigenvalue weighted by Crippen LogP contribution is 2.47. The molecule has 2 aromatic carbocycles. The van der Waals surface area contributed by atoms with Crippen LogP contribution in [0.3, 0.4) is 0 Å². The molecule has 0 spiro atoms. The first-order valence-electron chi connectivity index (χ1n) is 13.9. The fourth-order valence-corrected chi connectivity index (χ4v) is 8.13. The SMILES string of the molecule is CCc1cc(C(=O)O)cc2sc(N3C4CCC3CC(OC(=O)c3c(-c5c(Cl)cccc5Cl)noc3C3CC3)C4)nc12. The topological polar surface area (TPSA) is 106 Å². The van der Waals surface area contributed by atoms with Crippen molar-refractivity contribution in [1.29, 1.82) is 0 Å². The second kappa shape index (κ2) is 10.3. The Kier molecular flexibility index (Phi) is 6.71. The number of ether oxygens (including phenoxy) is 1. The van der Waals surface area contributed by atoms with Crippen LogP contribution in [0.15, 0.2) is 34.9 Å². The molecule has 2 bridgehead atoms. The molecule has 2 aliphatic heterocycles. The number of thiazole rings is 1. The van der Waals surface area contributed by atoms with E-state index in [4.69, 9.17) is 37.4 Å². The third kappa shape index (κ3) is 4.68. The molecule has 41 heavy (non-hydrogen) atoms. The van der Waals surface area contributed by atoms with Crippen LogP contribution >= 0.6 is 34.5 Å². The highest BCUT2D eigenvalue weighted by Gasteiger charge is 2.45. The second-order valence-corrected chi connectivity index (χ2v) is 12.9. The summed E-state index contributed by atoms with van der Waals surface area (Å²) in [6.07, 6.45) is 5.66. The first kappa shape index (κ1) is 26.7. The summed E-state index contributed by atoms with van der Waals surface area (Å²) < 4.78 is 12.7. The highest BCUT2D eigenvalue weighted by atomic mass is 35.5. The smallest absolute Gasteiger partial charge is 0.344 e. The van der Waals surface area contributed by atoms with Gasteiger partial charge in [0, 0.05) is 36.4 Å². The Hall–Kier alpha value is -3.14. The lowest BCUT2D eigenvalue weighted by molar-refractivity contribution is 0.0202. The van der Waals surface area contributed by atoms with Crippen molar-refractivity contribution in [2.45, 2.75) is 76.0 Å². The van der Waals surface area contributed by atoms with Gasteiger partial charge in [-0.3, -0.25) is 0 Å². The molecule has 4 aromatic rings. The number of aromatic nitrogens is 2. The van der Waals surface area contributed by atoms with Crippen molar-refractivity contribution in [2.75, 3.05) is 4.90 Å². The number of carboxylic acids is 1. The maximum Gasteiger partial charge on any atom is 0.344 e. The van der Waals surface area contributed by atoms with E-state index in [9.17, 15) is 14.7 Å². The van der Waals surface area contributed by atoms with Crippen LogP contribution in [-0.4, -0.2) is 45.4 Å². The predicted octanol–water partition coefficient (Wildman–Crippen LogP) is 7.75. The van der Waals surface area contributed by atoms with Crippen LogP contribution < -0.4 is 4.90 Å². The normalized spacial score (nSPS) is 21.9. The Morgan fingerprint density at radius 1 is 1.12 bits per heavy atom. The van der Waals surface area contributed by atoms with Crippen molar-refractivity contribution in [3.63, 3.8) is 0 Å². The van der Waals surface area contributed by atoms with Crippen molar-refractivity contribution in [1.82, 2.24) is 10.1 Å². The Morgan fingerprint density at radius 2 is 1.83 bits per heavy atom. The number of fused-ring (bicyclic) bond motifs is 3. The van der Waals surface area contributed by atoms with Crippen molar-refractivity contribution in [2.24, 2.45) is 0 Å². The van der Waals surface area contributed by atoms with Crippen LogP contribution in [-0.2, 0) is 11.2 Å². The summed E-state index contributed by atoms with van der Waals surface area (Å²) in [5.41, 5.74) is 3.22. The fourth-order valence-electron chi connectivity index (χ4n) is 6.36. The number of nitrogens with zero attached hydrogens (tertiary/aromatic N) is 3. The number of anilines is 1. The summed E-state index contributed by atoms with van der Waals surface area (Å²) >= 11 is 14.5. The van der Waals surface area contributed by atoms with Crippen LogP contribution in [0.25, 0.3) is 21.5 Å². The summed E-state index contributed by atoms with van der Waals surface area (Å²) in [4.78, 5) is 32.7. The van der Waals surface area contributed by atoms with Crippen molar-refractivity contribution in [3.8, 4) is 11.3 Å². The summed E-state index contributed by atoms with van der Waals surface area (Å²) in [6, 6.07) is 8.97. The van der Waals surface area contributed by atoms with E-state index in [0.29, 0.717) is 51.9 Å². The molecule has 2 saturated heterocycles. The first-order valence-corrected chi connectivity index (χ1v) is 15.5. The minimum Gasteiger partial charge on any atom is -0.478 e. The fraction of sp³-hybridized carbons (Fsp3) is 0.400. The molecule has 8 nitrogen and oxygen atoms in total. The molecule has 4 heterocycles. The number of rotatable bonds is 7. The van der Waals surface area contributed by atoms with Gasteiger partial charge in [0.25, 0.3) is 0 Å². The van der Waals surface area contributed by atoms with Crippen LogP contribution in [0.1, 0.15) is 83.4 Å². The van der Waals surface area contributed by atoms with E-state index in [2.05, 4.69) is 10.1 Å². The van der Waals surface area contributed by atoms with Crippen LogP contribution in [0.4, 0.5) is 5.13 Å². The van der Waals surface area contributed by atoms with E-state index in [1.165, 1.54) is 11.3 Å². The molecule has 1 saturated carbocycles. The summed E-state index contributed by atoms with van der Waals surface area (Å²) in [6.45, 7) is 2.01. The number of hydrogen-bond donors (Lipinski definition) is 1. The van der Waals surface area contributed by atoms with Gasteiger partial charge in [-0.2, -0.15) is 0 Å². The Labute approximate surface area is 250 Å². The number of carboxylic acid groups (broad SMARTS) is 1. The monoisotopic (exact) mass is 611 g/mol. The molecule has 2 aromatic heterocycles. The number of hydrogen-bond acceptors (Lipinski definition) is 8. The number of carbonyl (C=O) groups excluding carboxylic acids is 1.